The van der Waals surface area contributed by atoms with Crippen LogP contribution in [0, 0.1) is 0 Å². The van der Waals surface area contributed by atoms with E-state index in [9.17, 15) is 9.59 Å². The van der Waals surface area contributed by atoms with E-state index < -0.39 is 0 Å². The second-order valence-corrected chi connectivity index (χ2v) is 6.45. The van der Waals surface area contributed by atoms with Crippen molar-refractivity contribution < 1.29 is 9.59 Å². The van der Waals surface area contributed by atoms with Gasteiger partial charge in [-0.3, -0.25) is 9.59 Å². The van der Waals surface area contributed by atoms with Crippen molar-refractivity contribution in [2.75, 3.05) is 26.2 Å². The maximum Gasteiger partial charge on any atom is 0.227 e. The van der Waals surface area contributed by atoms with Gasteiger partial charge in [0.1, 0.15) is 0 Å². The van der Waals surface area contributed by atoms with Gasteiger partial charge < -0.3 is 15.5 Å². The summed E-state index contributed by atoms with van der Waals surface area (Å²) in [7, 11) is 0. The molecule has 1 fully saturated rings. The van der Waals surface area contributed by atoms with Crippen LogP contribution in [0.4, 0.5) is 0 Å². The van der Waals surface area contributed by atoms with Gasteiger partial charge in [-0.2, -0.15) is 0 Å². The molecule has 1 heterocycles. The van der Waals surface area contributed by atoms with Crippen LogP contribution in [0.15, 0.2) is 24.3 Å². The maximum atomic E-state index is 12.4. The van der Waals surface area contributed by atoms with Gasteiger partial charge in [0, 0.05) is 43.7 Å². The number of hydrogen-bond acceptors (Lipinski definition) is 3. The molecule has 0 bridgehead atoms. The van der Waals surface area contributed by atoms with E-state index in [-0.39, 0.29) is 30.3 Å². The summed E-state index contributed by atoms with van der Waals surface area (Å²) >= 11 is 6.10. The zero-order valence-corrected chi connectivity index (χ0v) is 15.5. The van der Waals surface area contributed by atoms with Crippen LogP contribution in [-0.4, -0.2) is 53.8 Å². The van der Waals surface area contributed by atoms with Crippen molar-refractivity contribution in [3.05, 3.63) is 34.9 Å². The summed E-state index contributed by atoms with van der Waals surface area (Å²) in [5, 5.41) is 0.616. The average molecular weight is 374 g/mol. The molecule has 7 heteroatoms. The number of carbonyl (C=O) groups excluding carboxylic acids is 2. The van der Waals surface area contributed by atoms with Crippen LogP contribution in [0.5, 0.6) is 0 Å². The Kier molecular flexibility index (Phi) is 8.53. The zero-order valence-electron chi connectivity index (χ0n) is 13.9. The van der Waals surface area contributed by atoms with Crippen LogP contribution in [-0.2, 0) is 16.0 Å². The molecule has 2 rings (SSSR count). The Morgan fingerprint density at radius 1 is 1.12 bits per heavy atom. The first-order chi connectivity index (χ1) is 11.0. The Morgan fingerprint density at radius 3 is 2.21 bits per heavy atom. The molecule has 0 aromatic heterocycles. The molecule has 1 aromatic rings. The Hall–Kier alpha value is -1.30. The molecule has 0 spiro atoms. The van der Waals surface area contributed by atoms with E-state index in [1.54, 1.807) is 11.0 Å². The summed E-state index contributed by atoms with van der Waals surface area (Å²) in [5.41, 5.74) is 6.53. The van der Waals surface area contributed by atoms with Gasteiger partial charge in [0.05, 0.1) is 6.42 Å². The minimum atomic E-state index is 0. The number of nitrogens with two attached hydrogens (primary N) is 1. The van der Waals surface area contributed by atoms with E-state index >= 15 is 0 Å². The minimum Gasteiger partial charge on any atom is -0.339 e. The van der Waals surface area contributed by atoms with Gasteiger partial charge in [-0.05, 0) is 25.0 Å². The van der Waals surface area contributed by atoms with Crippen LogP contribution in [0.2, 0.25) is 5.02 Å². The van der Waals surface area contributed by atoms with Crippen LogP contribution >= 0.6 is 24.0 Å². The fourth-order valence-corrected chi connectivity index (χ4v) is 2.83. The van der Waals surface area contributed by atoms with Crippen LogP contribution in [0.1, 0.15) is 25.3 Å². The van der Waals surface area contributed by atoms with Crippen molar-refractivity contribution in [1.29, 1.82) is 0 Å². The number of amides is 2. The number of carbonyl (C=O) groups is 2. The minimum absolute atomic E-state index is 0. The molecule has 1 unspecified atom stereocenters. The summed E-state index contributed by atoms with van der Waals surface area (Å²) in [6.45, 7) is 4.23. The van der Waals surface area contributed by atoms with Crippen molar-refractivity contribution in [2.45, 2.75) is 32.2 Å². The van der Waals surface area contributed by atoms with Crippen molar-refractivity contribution in [1.82, 2.24) is 9.80 Å². The second kappa shape index (κ2) is 9.87. The third-order valence-corrected chi connectivity index (χ3v) is 4.47. The Morgan fingerprint density at radius 2 is 1.67 bits per heavy atom. The summed E-state index contributed by atoms with van der Waals surface area (Å²) in [4.78, 5) is 28.0. The predicted molar refractivity (Wildman–Crippen MR) is 98.4 cm³/mol. The van der Waals surface area contributed by atoms with Crippen LogP contribution < -0.4 is 5.73 Å². The monoisotopic (exact) mass is 373 g/mol. The molecule has 2 N–H and O–H groups in total. The van der Waals surface area contributed by atoms with Gasteiger partial charge in [0.2, 0.25) is 11.8 Å². The quantitative estimate of drug-likeness (QED) is 0.859. The molecule has 0 saturated carbocycles. The second-order valence-electron chi connectivity index (χ2n) is 6.05. The third-order valence-electron chi connectivity index (χ3n) is 4.10. The normalized spacial score (nSPS) is 15.6. The van der Waals surface area contributed by atoms with Crippen LogP contribution in [0.3, 0.4) is 0 Å². The molecule has 2 amide bonds. The van der Waals surface area contributed by atoms with E-state index in [0.717, 1.165) is 5.56 Å². The molecular formula is C17H25Cl2N3O2. The van der Waals surface area contributed by atoms with E-state index in [0.29, 0.717) is 50.5 Å². The fourth-order valence-electron chi connectivity index (χ4n) is 2.63. The summed E-state index contributed by atoms with van der Waals surface area (Å²) < 4.78 is 0. The molecule has 1 aromatic carbocycles. The van der Waals surface area contributed by atoms with Gasteiger partial charge in [0.25, 0.3) is 0 Å². The number of hydrogen-bond donors (Lipinski definition) is 1. The van der Waals surface area contributed by atoms with Crippen LogP contribution in [0.25, 0.3) is 0 Å². The molecule has 1 aliphatic heterocycles. The lowest BCUT2D eigenvalue weighted by atomic mass is 10.1. The summed E-state index contributed by atoms with van der Waals surface area (Å²) in [5.74, 6) is 0.182. The lowest BCUT2D eigenvalue weighted by Crippen LogP contribution is -2.51. The maximum absolute atomic E-state index is 12.4. The number of nitrogens with zero attached hydrogens (tertiary/aromatic N) is 2. The highest BCUT2D eigenvalue weighted by Crippen LogP contribution is 2.17. The molecule has 24 heavy (non-hydrogen) atoms. The van der Waals surface area contributed by atoms with Crippen molar-refractivity contribution in [3.63, 3.8) is 0 Å². The first-order valence-electron chi connectivity index (χ1n) is 8.02. The van der Waals surface area contributed by atoms with Gasteiger partial charge in [-0.25, -0.2) is 0 Å². The van der Waals surface area contributed by atoms with E-state index in [1.807, 2.05) is 30.0 Å². The summed E-state index contributed by atoms with van der Waals surface area (Å²) in [6.07, 6.45) is 1.48. The molecule has 1 aliphatic rings. The number of piperazine rings is 1. The standard InChI is InChI=1S/C17H24ClN3O2.ClH/c1-13(19)6-7-16(22)20-8-10-21(11-9-20)17(23)12-14-4-2-3-5-15(14)18;/h2-5,13H,6-12,19H2,1H3;1H. The first-order valence-corrected chi connectivity index (χ1v) is 8.39. The largest absolute Gasteiger partial charge is 0.339 e. The highest BCUT2D eigenvalue weighted by Gasteiger charge is 2.24. The summed E-state index contributed by atoms with van der Waals surface area (Å²) in [6, 6.07) is 7.43. The van der Waals surface area contributed by atoms with Gasteiger partial charge in [-0.1, -0.05) is 29.8 Å². The fraction of sp³-hybridized carbons (Fsp3) is 0.529. The lowest BCUT2D eigenvalue weighted by molar-refractivity contribution is -0.139. The Labute approximate surface area is 154 Å². The Balaban J connectivity index is 0.00000288. The smallest absolute Gasteiger partial charge is 0.227 e. The topological polar surface area (TPSA) is 66.6 Å². The van der Waals surface area contributed by atoms with Crippen molar-refractivity contribution >= 4 is 35.8 Å². The molecule has 0 radical (unpaired) electrons. The molecule has 1 saturated heterocycles. The molecular weight excluding hydrogens is 349 g/mol. The predicted octanol–water partition coefficient (Wildman–Crippen LogP) is 2.10. The SMILES string of the molecule is CC(N)CCC(=O)N1CCN(C(=O)Cc2ccccc2Cl)CC1.Cl. The van der Waals surface area contributed by atoms with Gasteiger partial charge in [0.15, 0.2) is 0 Å². The molecule has 134 valence electrons. The molecule has 0 aliphatic carbocycles. The van der Waals surface area contributed by atoms with Gasteiger partial charge in [-0.15, -0.1) is 12.4 Å². The number of rotatable bonds is 5. The first kappa shape index (κ1) is 20.7. The number of halogens is 2. The lowest BCUT2D eigenvalue weighted by Gasteiger charge is -2.35. The average Bonchev–Trinajstić information content (AvgIpc) is 2.54. The Bertz CT molecular complexity index is 559. The molecule has 1 atom stereocenters. The highest BCUT2D eigenvalue weighted by atomic mass is 35.5. The van der Waals surface area contributed by atoms with E-state index in [1.165, 1.54) is 0 Å². The highest BCUT2D eigenvalue weighted by molar-refractivity contribution is 6.31. The van der Waals surface area contributed by atoms with Gasteiger partial charge >= 0.3 is 0 Å². The zero-order chi connectivity index (χ0) is 16.8. The third kappa shape index (κ3) is 5.96. The van der Waals surface area contributed by atoms with Crippen molar-refractivity contribution in [2.24, 2.45) is 5.73 Å². The molecule has 5 nitrogen and oxygen atoms in total. The number of benzene rings is 1. The van der Waals surface area contributed by atoms with E-state index in [4.69, 9.17) is 17.3 Å². The van der Waals surface area contributed by atoms with Crippen molar-refractivity contribution in [3.8, 4) is 0 Å². The van der Waals surface area contributed by atoms with E-state index in [2.05, 4.69) is 0 Å².